The van der Waals surface area contributed by atoms with Gasteiger partial charge in [0.1, 0.15) is 5.82 Å². The van der Waals surface area contributed by atoms with Crippen LogP contribution in [-0.4, -0.2) is 35.5 Å². The lowest BCUT2D eigenvalue weighted by atomic mass is 9.72. The van der Waals surface area contributed by atoms with Gasteiger partial charge in [0.25, 0.3) is 5.91 Å². The maximum atomic E-state index is 13.3. The van der Waals surface area contributed by atoms with Gasteiger partial charge in [-0.1, -0.05) is 6.07 Å². The lowest BCUT2D eigenvalue weighted by Crippen LogP contribution is -2.69. The summed E-state index contributed by atoms with van der Waals surface area (Å²) in [5.74, 6) is 0.272. The monoisotopic (exact) mass is 332 g/mol. The third kappa shape index (κ3) is 2.46. The van der Waals surface area contributed by atoms with Gasteiger partial charge in [0.05, 0.1) is 4.88 Å². The summed E-state index contributed by atoms with van der Waals surface area (Å²) in [5.41, 5.74) is -0.000380. The molecule has 0 aliphatic carbocycles. The predicted octanol–water partition coefficient (Wildman–Crippen LogP) is 3.64. The molecule has 23 heavy (non-hydrogen) atoms. The van der Waals surface area contributed by atoms with Gasteiger partial charge in [-0.2, -0.15) is 0 Å². The van der Waals surface area contributed by atoms with Crippen LogP contribution in [0.15, 0.2) is 24.3 Å². The number of piperidine rings is 3. The van der Waals surface area contributed by atoms with E-state index >= 15 is 0 Å². The minimum absolute atomic E-state index is 0.000380. The van der Waals surface area contributed by atoms with Crippen LogP contribution in [-0.2, 0) is 0 Å². The normalized spacial score (nSPS) is 28.9. The van der Waals surface area contributed by atoms with Gasteiger partial charge in [0.15, 0.2) is 0 Å². The molecule has 1 amide bonds. The molecule has 5 rings (SSSR count). The summed E-state index contributed by atoms with van der Waals surface area (Å²) in [5, 5.41) is 4.19. The number of nitrogens with zero attached hydrogens (tertiary/aromatic N) is 1. The van der Waals surface area contributed by atoms with Crippen molar-refractivity contribution in [1.82, 2.24) is 10.2 Å². The van der Waals surface area contributed by atoms with Crippen molar-refractivity contribution < 1.29 is 9.18 Å². The molecule has 3 fully saturated rings. The Hall–Kier alpha value is -1.46. The Bertz CT molecular complexity index is 761. The summed E-state index contributed by atoms with van der Waals surface area (Å²) in [6.07, 6.45) is 2.32. The number of hydrogen-bond acceptors (Lipinski definition) is 3. The average molecular weight is 332 g/mol. The highest BCUT2D eigenvalue weighted by atomic mass is 32.1. The Labute approximate surface area is 139 Å². The predicted molar refractivity (Wildman–Crippen MR) is 91.4 cm³/mol. The standard InChI is InChI=1S/C18H21FN2OS/c1-18(2)16(11-5-7-21(18)8-6-11)20-17(22)15-9-12-3-4-13(19)10-14(12)23-15/h3-4,9-11,16H,5-8H2,1-2H3,(H,20,22)/t16-/m1/s1. The topological polar surface area (TPSA) is 32.3 Å². The fourth-order valence-electron chi connectivity index (χ4n) is 4.21. The largest absolute Gasteiger partial charge is 0.346 e. The summed E-state index contributed by atoms with van der Waals surface area (Å²) >= 11 is 1.36. The Balaban J connectivity index is 1.59. The molecule has 1 aromatic heterocycles. The minimum atomic E-state index is -0.259. The van der Waals surface area contributed by atoms with E-state index in [9.17, 15) is 9.18 Å². The molecule has 0 saturated carbocycles. The quantitative estimate of drug-likeness (QED) is 0.910. The zero-order valence-electron chi connectivity index (χ0n) is 13.4. The van der Waals surface area contributed by atoms with Crippen LogP contribution in [0.5, 0.6) is 0 Å². The highest BCUT2D eigenvalue weighted by Crippen LogP contribution is 2.39. The van der Waals surface area contributed by atoms with Crippen molar-refractivity contribution in [3.63, 3.8) is 0 Å². The second-order valence-electron chi connectivity index (χ2n) is 7.22. The highest BCUT2D eigenvalue weighted by molar-refractivity contribution is 7.20. The van der Waals surface area contributed by atoms with E-state index in [2.05, 4.69) is 24.1 Å². The van der Waals surface area contributed by atoms with Crippen LogP contribution in [0.25, 0.3) is 10.1 Å². The van der Waals surface area contributed by atoms with Crippen molar-refractivity contribution in [1.29, 1.82) is 0 Å². The maximum Gasteiger partial charge on any atom is 0.261 e. The number of carbonyl (C=O) groups excluding carboxylic acids is 1. The van der Waals surface area contributed by atoms with Gasteiger partial charge in [-0.25, -0.2) is 4.39 Å². The number of rotatable bonds is 2. The van der Waals surface area contributed by atoms with Crippen molar-refractivity contribution in [2.24, 2.45) is 5.92 Å². The van der Waals surface area contributed by atoms with Crippen molar-refractivity contribution in [3.8, 4) is 0 Å². The van der Waals surface area contributed by atoms with Crippen LogP contribution in [0.3, 0.4) is 0 Å². The minimum Gasteiger partial charge on any atom is -0.346 e. The molecule has 5 heteroatoms. The van der Waals surface area contributed by atoms with E-state index in [4.69, 9.17) is 0 Å². The molecule has 122 valence electrons. The van der Waals surface area contributed by atoms with Crippen molar-refractivity contribution in [2.45, 2.75) is 38.3 Å². The number of carbonyl (C=O) groups is 1. The van der Waals surface area contributed by atoms with Crippen molar-refractivity contribution in [3.05, 3.63) is 35.0 Å². The molecule has 3 aliphatic rings. The second kappa shape index (κ2) is 5.28. The molecule has 1 N–H and O–H groups in total. The van der Waals surface area contributed by atoms with E-state index in [-0.39, 0.29) is 23.3 Å². The number of nitrogens with one attached hydrogen (secondary N) is 1. The van der Waals surface area contributed by atoms with Crippen LogP contribution >= 0.6 is 11.3 Å². The molecule has 2 aromatic rings. The van der Waals surface area contributed by atoms with Gasteiger partial charge < -0.3 is 5.32 Å². The van der Waals surface area contributed by atoms with Gasteiger partial charge in [0.2, 0.25) is 0 Å². The molecule has 3 saturated heterocycles. The third-order valence-electron chi connectivity index (χ3n) is 5.58. The third-order valence-corrected chi connectivity index (χ3v) is 6.68. The SMILES string of the molecule is CC1(C)[C@H](NC(=O)c2cc3ccc(F)cc3s2)C2CCN1CC2. The lowest BCUT2D eigenvalue weighted by Gasteiger charge is -2.56. The smallest absolute Gasteiger partial charge is 0.261 e. The van der Waals surface area contributed by atoms with Gasteiger partial charge >= 0.3 is 0 Å². The first kappa shape index (κ1) is 15.1. The molecule has 3 aliphatic heterocycles. The number of benzene rings is 1. The van der Waals surface area contributed by atoms with Crippen LogP contribution < -0.4 is 5.32 Å². The van der Waals surface area contributed by atoms with E-state index < -0.39 is 0 Å². The second-order valence-corrected chi connectivity index (χ2v) is 8.31. The van der Waals surface area contributed by atoms with E-state index in [1.807, 2.05) is 6.07 Å². The first-order valence-corrected chi connectivity index (χ1v) is 9.02. The van der Waals surface area contributed by atoms with E-state index in [1.54, 1.807) is 6.07 Å². The molecule has 1 atom stereocenters. The fourth-order valence-corrected chi connectivity index (χ4v) is 5.20. The summed E-state index contributed by atoms with van der Waals surface area (Å²) in [6, 6.07) is 6.71. The Morgan fingerprint density at radius 1 is 1.30 bits per heavy atom. The van der Waals surface area contributed by atoms with Gasteiger partial charge in [-0.15, -0.1) is 11.3 Å². The number of thiophene rings is 1. The van der Waals surface area contributed by atoms with Crippen molar-refractivity contribution in [2.75, 3.05) is 13.1 Å². The molecule has 0 unspecified atom stereocenters. The van der Waals surface area contributed by atoms with Gasteiger partial charge in [0, 0.05) is 16.3 Å². The van der Waals surface area contributed by atoms with Crippen LogP contribution in [0.4, 0.5) is 4.39 Å². The maximum absolute atomic E-state index is 13.3. The number of amides is 1. The zero-order valence-corrected chi connectivity index (χ0v) is 14.3. The van der Waals surface area contributed by atoms with Crippen LogP contribution in [0.2, 0.25) is 0 Å². The number of halogens is 1. The summed E-state index contributed by atoms with van der Waals surface area (Å²) in [7, 11) is 0. The molecular formula is C18H21FN2OS. The molecule has 1 aromatic carbocycles. The molecule has 2 bridgehead atoms. The van der Waals surface area contributed by atoms with Gasteiger partial charge in [-0.3, -0.25) is 9.69 Å². The molecular weight excluding hydrogens is 311 g/mol. The van der Waals surface area contributed by atoms with E-state index in [1.165, 1.54) is 23.5 Å². The first-order chi connectivity index (χ1) is 10.9. The Kier molecular flexibility index (Phi) is 3.46. The first-order valence-electron chi connectivity index (χ1n) is 8.20. The van der Waals surface area contributed by atoms with E-state index in [0.717, 1.165) is 36.0 Å². The Morgan fingerprint density at radius 2 is 2.04 bits per heavy atom. The summed E-state index contributed by atoms with van der Waals surface area (Å²) < 4.78 is 14.1. The molecule has 3 nitrogen and oxygen atoms in total. The summed E-state index contributed by atoms with van der Waals surface area (Å²) in [6.45, 7) is 6.71. The van der Waals surface area contributed by atoms with E-state index in [0.29, 0.717) is 10.8 Å². The number of hydrogen-bond donors (Lipinski definition) is 1. The van der Waals surface area contributed by atoms with Crippen LogP contribution in [0.1, 0.15) is 36.4 Å². The fraction of sp³-hybridized carbons (Fsp3) is 0.500. The lowest BCUT2D eigenvalue weighted by molar-refractivity contribution is -0.0377. The van der Waals surface area contributed by atoms with Crippen LogP contribution in [0, 0.1) is 11.7 Å². The molecule has 4 heterocycles. The Morgan fingerprint density at radius 3 is 2.74 bits per heavy atom. The average Bonchev–Trinajstić information content (AvgIpc) is 2.94. The zero-order chi connectivity index (χ0) is 16.2. The summed E-state index contributed by atoms with van der Waals surface area (Å²) in [4.78, 5) is 15.9. The van der Waals surface area contributed by atoms with Gasteiger partial charge in [-0.05, 0) is 69.3 Å². The molecule has 0 radical (unpaired) electrons. The highest BCUT2D eigenvalue weighted by Gasteiger charge is 2.48. The number of fused-ring (bicyclic) bond motifs is 4. The van der Waals surface area contributed by atoms with Crippen molar-refractivity contribution >= 4 is 27.3 Å². The molecule has 0 spiro atoms.